The van der Waals surface area contributed by atoms with Crippen molar-refractivity contribution in [3.63, 3.8) is 0 Å². The van der Waals surface area contributed by atoms with E-state index in [-0.39, 0.29) is 19.1 Å². The minimum atomic E-state index is -1.06. The van der Waals surface area contributed by atoms with Crippen LogP contribution in [-0.4, -0.2) is 58.5 Å². The van der Waals surface area contributed by atoms with Gasteiger partial charge in [0.2, 0.25) is 5.91 Å². The first-order valence-corrected chi connectivity index (χ1v) is 5.51. The molecule has 1 fully saturated rings. The molecule has 0 heterocycles. The number of amides is 3. The molecule has 0 aromatic heterocycles. The second-order valence-electron chi connectivity index (χ2n) is 4.02. The summed E-state index contributed by atoms with van der Waals surface area (Å²) in [7, 11) is 0. The second kappa shape index (κ2) is 5.51. The summed E-state index contributed by atoms with van der Waals surface area (Å²) in [6.45, 7) is 1.52. The first kappa shape index (κ1) is 13.3. The summed E-state index contributed by atoms with van der Waals surface area (Å²) in [4.78, 5) is 36.0. The number of carbonyl (C=O) groups excluding carboxylic acids is 2. The van der Waals surface area contributed by atoms with Crippen molar-refractivity contribution in [1.29, 1.82) is 0 Å². The molecule has 3 N–H and O–H groups in total. The standard InChI is InChI=1S/C10H17N3O4/c1-2-12(5-8(11)14)10(17)13(6-9(15)16)7-3-4-7/h7H,2-6H2,1H3,(H2,11,14)(H,15,16). The zero-order chi connectivity index (χ0) is 13.0. The average Bonchev–Trinajstić information content (AvgIpc) is 3.04. The highest BCUT2D eigenvalue weighted by molar-refractivity contribution is 5.85. The van der Waals surface area contributed by atoms with Crippen LogP contribution in [0.4, 0.5) is 4.79 Å². The zero-order valence-corrected chi connectivity index (χ0v) is 9.76. The molecule has 0 bridgehead atoms. The second-order valence-corrected chi connectivity index (χ2v) is 4.02. The summed E-state index contributed by atoms with van der Waals surface area (Å²) >= 11 is 0. The zero-order valence-electron chi connectivity index (χ0n) is 9.76. The largest absolute Gasteiger partial charge is 0.480 e. The highest BCUT2D eigenvalue weighted by Gasteiger charge is 2.35. The van der Waals surface area contributed by atoms with Crippen LogP contribution in [0.5, 0.6) is 0 Å². The molecule has 7 heteroatoms. The predicted octanol–water partition coefficient (Wildman–Crippen LogP) is -0.537. The van der Waals surface area contributed by atoms with Gasteiger partial charge in [-0.25, -0.2) is 4.79 Å². The number of aliphatic carboxylic acids is 1. The molecular formula is C10H17N3O4. The van der Waals surface area contributed by atoms with Crippen molar-refractivity contribution < 1.29 is 19.5 Å². The van der Waals surface area contributed by atoms with Gasteiger partial charge in [0, 0.05) is 12.6 Å². The summed E-state index contributed by atoms with van der Waals surface area (Å²) in [6.07, 6.45) is 1.63. The third-order valence-corrected chi connectivity index (χ3v) is 2.54. The first-order chi connectivity index (χ1) is 7.95. The van der Waals surface area contributed by atoms with E-state index in [0.29, 0.717) is 6.54 Å². The van der Waals surface area contributed by atoms with Crippen molar-refractivity contribution in [2.24, 2.45) is 5.73 Å². The average molecular weight is 243 g/mol. The van der Waals surface area contributed by atoms with Crippen LogP contribution in [0.15, 0.2) is 0 Å². The Hall–Kier alpha value is -1.79. The van der Waals surface area contributed by atoms with Gasteiger partial charge < -0.3 is 20.6 Å². The molecule has 0 aromatic rings. The van der Waals surface area contributed by atoms with Crippen LogP contribution >= 0.6 is 0 Å². The van der Waals surface area contributed by atoms with Crippen molar-refractivity contribution in [2.75, 3.05) is 19.6 Å². The molecule has 0 radical (unpaired) electrons. The molecule has 7 nitrogen and oxygen atoms in total. The fourth-order valence-electron chi connectivity index (χ4n) is 1.57. The summed E-state index contributed by atoms with van der Waals surface area (Å²) in [6, 6.07) is -0.447. The van der Waals surface area contributed by atoms with Gasteiger partial charge in [0.25, 0.3) is 0 Å². The topological polar surface area (TPSA) is 104 Å². The van der Waals surface area contributed by atoms with E-state index in [2.05, 4.69) is 0 Å². The predicted molar refractivity (Wildman–Crippen MR) is 59.2 cm³/mol. The molecule has 96 valence electrons. The lowest BCUT2D eigenvalue weighted by Crippen LogP contribution is -2.48. The van der Waals surface area contributed by atoms with Gasteiger partial charge in [0.15, 0.2) is 0 Å². The Morgan fingerprint density at radius 3 is 2.24 bits per heavy atom. The van der Waals surface area contributed by atoms with Crippen LogP contribution in [0, 0.1) is 0 Å². The molecular weight excluding hydrogens is 226 g/mol. The summed E-state index contributed by atoms with van der Waals surface area (Å²) in [5, 5.41) is 8.74. The third-order valence-electron chi connectivity index (χ3n) is 2.54. The summed E-state index contributed by atoms with van der Waals surface area (Å²) < 4.78 is 0. The van der Waals surface area contributed by atoms with E-state index < -0.39 is 17.9 Å². The van der Waals surface area contributed by atoms with Gasteiger partial charge in [-0.2, -0.15) is 0 Å². The number of urea groups is 1. The minimum absolute atomic E-state index is 0.0134. The van der Waals surface area contributed by atoms with Crippen LogP contribution in [0.3, 0.4) is 0 Å². The third kappa shape index (κ3) is 3.93. The number of likely N-dealkylation sites (N-methyl/N-ethyl adjacent to an activating group) is 1. The summed E-state index contributed by atoms with van der Waals surface area (Å²) in [5.41, 5.74) is 5.03. The van der Waals surface area contributed by atoms with E-state index in [9.17, 15) is 14.4 Å². The molecule has 1 aliphatic rings. The minimum Gasteiger partial charge on any atom is -0.480 e. The van der Waals surface area contributed by atoms with Gasteiger partial charge in [-0.1, -0.05) is 0 Å². The lowest BCUT2D eigenvalue weighted by Gasteiger charge is -2.28. The molecule has 17 heavy (non-hydrogen) atoms. The van der Waals surface area contributed by atoms with Gasteiger partial charge in [-0.15, -0.1) is 0 Å². The van der Waals surface area contributed by atoms with E-state index in [1.165, 1.54) is 9.80 Å². The summed E-state index contributed by atoms with van der Waals surface area (Å²) in [5.74, 6) is -1.66. The van der Waals surface area contributed by atoms with Crippen LogP contribution < -0.4 is 5.73 Å². The molecule has 1 saturated carbocycles. The van der Waals surface area contributed by atoms with E-state index in [0.717, 1.165) is 12.8 Å². The lowest BCUT2D eigenvalue weighted by molar-refractivity contribution is -0.137. The lowest BCUT2D eigenvalue weighted by atomic mass is 10.4. The number of primary amides is 1. The number of nitrogens with two attached hydrogens (primary N) is 1. The molecule has 3 amide bonds. The maximum Gasteiger partial charge on any atom is 0.323 e. The maximum absolute atomic E-state index is 12.0. The smallest absolute Gasteiger partial charge is 0.323 e. The Bertz CT molecular complexity index is 328. The van der Waals surface area contributed by atoms with Crippen LogP contribution in [0.25, 0.3) is 0 Å². The Morgan fingerprint density at radius 2 is 1.88 bits per heavy atom. The van der Waals surface area contributed by atoms with Gasteiger partial charge >= 0.3 is 12.0 Å². The van der Waals surface area contributed by atoms with Gasteiger partial charge in [0.05, 0.1) is 0 Å². The molecule has 0 aromatic carbocycles. The number of hydrogen-bond donors (Lipinski definition) is 2. The molecule has 0 saturated heterocycles. The first-order valence-electron chi connectivity index (χ1n) is 5.51. The van der Waals surface area contributed by atoms with Crippen LogP contribution in [0.1, 0.15) is 19.8 Å². The van der Waals surface area contributed by atoms with Crippen molar-refractivity contribution in [2.45, 2.75) is 25.8 Å². The Kier molecular flexibility index (Phi) is 4.30. The van der Waals surface area contributed by atoms with E-state index in [4.69, 9.17) is 10.8 Å². The molecule has 1 aliphatic carbocycles. The normalized spacial score (nSPS) is 14.2. The fraction of sp³-hybridized carbons (Fsp3) is 0.700. The Labute approximate surface area is 99.2 Å². The highest BCUT2D eigenvalue weighted by Crippen LogP contribution is 2.27. The van der Waals surface area contributed by atoms with Crippen molar-refractivity contribution in [3.8, 4) is 0 Å². The maximum atomic E-state index is 12.0. The van der Waals surface area contributed by atoms with E-state index in [1.807, 2.05) is 0 Å². The highest BCUT2D eigenvalue weighted by atomic mass is 16.4. The number of hydrogen-bond acceptors (Lipinski definition) is 3. The van der Waals surface area contributed by atoms with Crippen molar-refractivity contribution >= 4 is 17.9 Å². The molecule has 0 atom stereocenters. The molecule has 0 spiro atoms. The van der Waals surface area contributed by atoms with Gasteiger partial charge in [-0.05, 0) is 19.8 Å². The van der Waals surface area contributed by atoms with Crippen LogP contribution in [0.2, 0.25) is 0 Å². The molecule has 1 rings (SSSR count). The van der Waals surface area contributed by atoms with E-state index in [1.54, 1.807) is 6.92 Å². The number of nitrogens with zero attached hydrogens (tertiary/aromatic N) is 2. The van der Waals surface area contributed by atoms with Crippen molar-refractivity contribution in [1.82, 2.24) is 9.80 Å². The number of carboxylic acids is 1. The quantitative estimate of drug-likeness (QED) is 0.653. The van der Waals surface area contributed by atoms with Gasteiger partial charge in [-0.3, -0.25) is 9.59 Å². The monoisotopic (exact) mass is 243 g/mol. The Morgan fingerprint density at radius 1 is 1.29 bits per heavy atom. The molecule has 0 unspecified atom stereocenters. The SMILES string of the molecule is CCN(CC(N)=O)C(=O)N(CC(=O)O)C1CC1. The molecule has 0 aliphatic heterocycles. The van der Waals surface area contributed by atoms with E-state index >= 15 is 0 Å². The fourth-order valence-corrected chi connectivity index (χ4v) is 1.57. The van der Waals surface area contributed by atoms with Crippen LogP contribution in [-0.2, 0) is 9.59 Å². The number of carbonyl (C=O) groups is 3. The Balaban J connectivity index is 2.67. The van der Waals surface area contributed by atoms with Crippen molar-refractivity contribution in [3.05, 3.63) is 0 Å². The number of rotatable bonds is 6. The van der Waals surface area contributed by atoms with Gasteiger partial charge in [0.1, 0.15) is 13.1 Å². The number of carboxylic acid groups (broad SMARTS) is 1.